The maximum absolute atomic E-state index is 12.2. The second kappa shape index (κ2) is 3.71. The van der Waals surface area contributed by atoms with Crippen molar-refractivity contribution in [3.63, 3.8) is 0 Å². The number of methoxy groups -OCH3 is 1. The Morgan fingerprint density at radius 1 is 1.50 bits per heavy atom. The smallest absolute Gasteiger partial charge is 0.313 e. The van der Waals surface area contributed by atoms with Crippen molar-refractivity contribution in [1.82, 2.24) is 0 Å². The van der Waals surface area contributed by atoms with Gasteiger partial charge in [0.1, 0.15) is 0 Å². The predicted octanol–water partition coefficient (Wildman–Crippen LogP) is 3.51. The van der Waals surface area contributed by atoms with Gasteiger partial charge in [0.2, 0.25) is 0 Å². The largest absolute Gasteiger partial charge is 0.469 e. The first-order valence-corrected chi connectivity index (χ1v) is 7.60. The molecular weight excluding hydrogens is 336 g/mol. The van der Waals surface area contributed by atoms with Gasteiger partial charge in [-0.25, -0.2) is 0 Å². The van der Waals surface area contributed by atoms with E-state index in [1.54, 1.807) is 0 Å². The molecule has 0 heterocycles. The van der Waals surface area contributed by atoms with Crippen LogP contribution >= 0.6 is 31.9 Å². The number of hydrogen-bond acceptors (Lipinski definition) is 2. The van der Waals surface area contributed by atoms with Crippen molar-refractivity contribution >= 4 is 37.8 Å². The zero-order valence-corrected chi connectivity index (χ0v) is 13.2. The summed E-state index contributed by atoms with van der Waals surface area (Å²) in [4.78, 5) is 12.2. The molecule has 2 aliphatic rings. The van der Waals surface area contributed by atoms with Crippen molar-refractivity contribution in [3.8, 4) is 0 Å². The summed E-state index contributed by atoms with van der Waals surface area (Å²) in [5, 5.41) is 0.790. The Bertz CT molecular complexity index is 329. The third-order valence-electron chi connectivity index (χ3n) is 5.08. The summed E-state index contributed by atoms with van der Waals surface area (Å²) in [7, 11) is 1.50. The molecule has 0 aromatic rings. The number of alkyl halides is 2. The predicted molar refractivity (Wildman–Crippen MR) is 71.0 cm³/mol. The molecule has 2 saturated carbocycles. The Morgan fingerprint density at radius 2 is 2.12 bits per heavy atom. The van der Waals surface area contributed by atoms with Crippen LogP contribution < -0.4 is 0 Å². The quantitative estimate of drug-likeness (QED) is 0.560. The molecule has 0 saturated heterocycles. The van der Waals surface area contributed by atoms with Crippen molar-refractivity contribution in [2.24, 2.45) is 16.7 Å². The Balaban J connectivity index is 2.50. The summed E-state index contributed by atoms with van der Waals surface area (Å²) < 4.78 is 4.88. The molecule has 2 nitrogen and oxygen atoms in total. The van der Waals surface area contributed by atoms with Crippen molar-refractivity contribution < 1.29 is 9.53 Å². The highest BCUT2D eigenvalue weighted by molar-refractivity contribution is 9.12. The maximum Gasteiger partial charge on any atom is 0.313 e. The lowest BCUT2D eigenvalue weighted by atomic mass is 9.64. The van der Waals surface area contributed by atoms with E-state index < -0.39 is 0 Å². The highest BCUT2D eigenvalue weighted by Gasteiger charge is 2.72. The van der Waals surface area contributed by atoms with E-state index in [2.05, 4.69) is 45.7 Å². The monoisotopic (exact) mass is 352 g/mol. The van der Waals surface area contributed by atoms with Gasteiger partial charge in [0.05, 0.1) is 16.8 Å². The Kier molecular flexibility index (Phi) is 2.99. The van der Waals surface area contributed by atoms with Crippen molar-refractivity contribution in [3.05, 3.63) is 0 Å². The molecule has 16 heavy (non-hydrogen) atoms. The van der Waals surface area contributed by atoms with Gasteiger partial charge in [0.25, 0.3) is 0 Å². The van der Waals surface area contributed by atoms with E-state index >= 15 is 0 Å². The molecule has 0 aromatic carbocycles. The molecule has 0 spiro atoms. The van der Waals surface area contributed by atoms with Gasteiger partial charge in [0.15, 0.2) is 0 Å². The average molecular weight is 354 g/mol. The second-order valence-corrected chi connectivity index (χ2v) is 7.58. The van der Waals surface area contributed by atoms with Crippen LogP contribution in [0.5, 0.6) is 0 Å². The normalized spacial score (nSPS) is 44.7. The highest BCUT2D eigenvalue weighted by atomic mass is 79.9. The van der Waals surface area contributed by atoms with Gasteiger partial charge >= 0.3 is 5.97 Å². The maximum atomic E-state index is 12.2. The minimum atomic E-state index is -0.334. The first kappa shape index (κ1) is 12.9. The molecule has 2 bridgehead atoms. The number of carbonyl (C=O) groups is 1. The van der Waals surface area contributed by atoms with Gasteiger partial charge in [-0.3, -0.25) is 4.79 Å². The number of halogens is 2. The highest BCUT2D eigenvalue weighted by Crippen LogP contribution is 2.72. The van der Waals surface area contributed by atoms with Gasteiger partial charge in [-0.2, -0.15) is 0 Å². The van der Waals surface area contributed by atoms with Crippen molar-refractivity contribution in [1.29, 1.82) is 0 Å². The number of ether oxygens (including phenoxy) is 1. The first-order chi connectivity index (χ1) is 7.35. The third-order valence-corrected chi connectivity index (χ3v) is 8.73. The molecule has 4 heteroatoms. The molecule has 0 aromatic heterocycles. The Labute approximate surface area is 114 Å². The molecule has 0 unspecified atom stereocenters. The average Bonchev–Trinajstić information content (AvgIpc) is 2.78. The van der Waals surface area contributed by atoms with Crippen LogP contribution in [0, 0.1) is 16.7 Å². The Hall–Kier alpha value is 0.430. The van der Waals surface area contributed by atoms with Gasteiger partial charge in [0, 0.05) is 5.33 Å². The second-order valence-electron chi connectivity index (χ2n) is 5.67. The van der Waals surface area contributed by atoms with Gasteiger partial charge in [-0.15, -0.1) is 0 Å². The van der Waals surface area contributed by atoms with Crippen molar-refractivity contribution in [2.45, 2.75) is 37.4 Å². The summed E-state index contributed by atoms with van der Waals surface area (Å²) in [5.74, 6) is 0.570. The summed E-state index contributed by atoms with van der Waals surface area (Å²) in [6, 6.07) is 0. The molecule has 0 aliphatic heterocycles. The number of fused-ring (bicyclic) bond motifs is 2. The molecule has 3 atom stereocenters. The fourth-order valence-corrected chi connectivity index (χ4v) is 5.91. The first-order valence-electron chi connectivity index (χ1n) is 5.69. The van der Waals surface area contributed by atoms with E-state index in [0.717, 1.165) is 24.6 Å². The number of esters is 1. The van der Waals surface area contributed by atoms with E-state index in [1.807, 2.05) is 0 Å². The molecule has 2 rings (SSSR count). The van der Waals surface area contributed by atoms with Crippen LogP contribution in [0.15, 0.2) is 0 Å². The topological polar surface area (TPSA) is 26.3 Å². The third kappa shape index (κ3) is 1.21. The molecular formula is C12H18Br2O2. The van der Waals surface area contributed by atoms with Gasteiger partial charge in [-0.05, 0) is 30.6 Å². The van der Waals surface area contributed by atoms with Crippen molar-refractivity contribution in [2.75, 3.05) is 12.4 Å². The van der Waals surface area contributed by atoms with Gasteiger partial charge < -0.3 is 4.74 Å². The lowest BCUT2D eigenvalue weighted by Crippen LogP contribution is -2.55. The molecule has 0 radical (unpaired) electrons. The van der Waals surface area contributed by atoms with Crippen LogP contribution in [0.3, 0.4) is 0 Å². The summed E-state index contributed by atoms with van der Waals surface area (Å²) in [6.45, 7) is 4.52. The number of carbonyl (C=O) groups excluding carboxylic acids is 1. The van der Waals surface area contributed by atoms with Crippen LogP contribution in [0.1, 0.15) is 33.1 Å². The van der Waals surface area contributed by atoms with Crippen LogP contribution in [0.2, 0.25) is 0 Å². The summed E-state index contributed by atoms with van der Waals surface area (Å²) >= 11 is 7.46. The van der Waals surface area contributed by atoms with Crippen LogP contribution in [-0.4, -0.2) is 22.7 Å². The zero-order chi connectivity index (χ0) is 12.2. The van der Waals surface area contributed by atoms with Crippen LogP contribution in [0.4, 0.5) is 0 Å². The van der Waals surface area contributed by atoms with Gasteiger partial charge in [-0.1, -0.05) is 45.7 Å². The lowest BCUT2D eigenvalue weighted by molar-refractivity contribution is -0.154. The lowest BCUT2D eigenvalue weighted by Gasteiger charge is -2.49. The van der Waals surface area contributed by atoms with Crippen LogP contribution in [0.25, 0.3) is 0 Å². The Morgan fingerprint density at radius 3 is 2.62 bits per heavy atom. The molecule has 2 fully saturated rings. The van der Waals surface area contributed by atoms with Crippen LogP contribution in [-0.2, 0) is 9.53 Å². The molecule has 92 valence electrons. The minimum Gasteiger partial charge on any atom is -0.469 e. The number of rotatable bonds is 2. The number of hydrogen-bond donors (Lipinski definition) is 0. The molecule has 0 N–H and O–H groups in total. The van der Waals surface area contributed by atoms with E-state index in [9.17, 15) is 4.79 Å². The molecule has 0 amide bonds. The fraction of sp³-hybridized carbons (Fsp3) is 0.917. The standard InChI is InChI=1S/C12H18Br2O2/c1-10(2)8-4-5-11(6-8,9(15)16-3)12(10,14)7-13/h8H,4-7H2,1-3H3/t8-,11+,12+/m1/s1. The SMILES string of the molecule is COC(=O)[C@]12CC[C@H](C1)C(C)(C)[C@@]2(Br)CBr. The van der Waals surface area contributed by atoms with E-state index in [1.165, 1.54) is 7.11 Å². The summed E-state index contributed by atoms with van der Waals surface area (Å²) in [5.41, 5.74) is -0.206. The molecule has 2 aliphatic carbocycles. The van der Waals surface area contributed by atoms with E-state index in [-0.39, 0.29) is 21.1 Å². The zero-order valence-electron chi connectivity index (χ0n) is 9.98. The fourth-order valence-electron chi connectivity index (χ4n) is 3.80. The minimum absolute atomic E-state index is 0.0445. The summed E-state index contributed by atoms with van der Waals surface area (Å²) in [6.07, 6.45) is 3.05. The van der Waals surface area contributed by atoms with E-state index in [0.29, 0.717) is 5.92 Å². The van der Waals surface area contributed by atoms with E-state index in [4.69, 9.17) is 4.74 Å².